The highest BCUT2D eigenvalue weighted by Crippen LogP contribution is 2.27. The molecule has 1 N–H and O–H groups in total. The predicted molar refractivity (Wildman–Crippen MR) is 85.0 cm³/mol. The van der Waals surface area contributed by atoms with Crippen molar-refractivity contribution in [1.29, 1.82) is 0 Å². The zero-order chi connectivity index (χ0) is 14.5. The van der Waals surface area contributed by atoms with Gasteiger partial charge in [0, 0.05) is 18.0 Å². The summed E-state index contributed by atoms with van der Waals surface area (Å²) >= 11 is 3.35. The summed E-state index contributed by atoms with van der Waals surface area (Å²) in [6.45, 7) is 5.01. The Morgan fingerprint density at radius 3 is 2.90 bits per heavy atom. The van der Waals surface area contributed by atoms with Crippen LogP contribution in [0.2, 0.25) is 0 Å². The lowest BCUT2D eigenvalue weighted by molar-refractivity contribution is -0.122. The van der Waals surface area contributed by atoms with Gasteiger partial charge >= 0.3 is 0 Å². The molecule has 0 bridgehead atoms. The number of thiophene rings is 1. The molecular formula is C14H19N3OS2. The first-order chi connectivity index (χ1) is 9.54. The summed E-state index contributed by atoms with van der Waals surface area (Å²) in [5.74, 6) is 0.0520. The number of thiazole rings is 1. The Morgan fingerprint density at radius 1 is 1.45 bits per heavy atom. The van der Waals surface area contributed by atoms with Crippen molar-refractivity contribution in [3.05, 3.63) is 28.6 Å². The summed E-state index contributed by atoms with van der Waals surface area (Å²) in [5.41, 5.74) is 1.01. The first kappa shape index (κ1) is 15.2. The number of hydrogen-bond acceptors (Lipinski definition) is 5. The average Bonchev–Trinajstić information content (AvgIpc) is 2.96. The summed E-state index contributed by atoms with van der Waals surface area (Å²) in [6.07, 6.45) is 0. The maximum absolute atomic E-state index is 11.7. The number of hydrogen-bond donors (Lipinski definition) is 1. The molecule has 0 fully saturated rings. The van der Waals surface area contributed by atoms with Gasteiger partial charge in [-0.05, 0) is 32.3 Å². The summed E-state index contributed by atoms with van der Waals surface area (Å²) in [7, 11) is 1.93. The third kappa shape index (κ3) is 4.40. The van der Waals surface area contributed by atoms with Crippen molar-refractivity contribution in [1.82, 2.24) is 15.2 Å². The lowest BCUT2D eigenvalue weighted by Gasteiger charge is -2.16. The summed E-state index contributed by atoms with van der Waals surface area (Å²) < 4.78 is 0. The van der Waals surface area contributed by atoms with Gasteiger partial charge in [0.15, 0.2) is 0 Å². The summed E-state index contributed by atoms with van der Waals surface area (Å²) in [6, 6.07) is 4.29. The highest BCUT2D eigenvalue weighted by molar-refractivity contribution is 7.20. The van der Waals surface area contributed by atoms with E-state index in [-0.39, 0.29) is 11.9 Å². The van der Waals surface area contributed by atoms with Crippen LogP contribution in [0.5, 0.6) is 0 Å². The Labute approximate surface area is 127 Å². The number of nitrogens with one attached hydrogen (secondary N) is 1. The molecule has 1 amide bonds. The standard InChI is InChI=1S/C14H19N3OS2/c1-10(2)15-13(18)8-17(3)7-11-9-20-14(16-11)12-5-4-6-19-12/h4-6,9-10H,7-8H2,1-3H3,(H,15,18). The summed E-state index contributed by atoms with van der Waals surface area (Å²) in [5, 5.41) is 8.06. The largest absolute Gasteiger partial charge is 0.353 e. The number of aromatic nitrogens is 1. The number of likely N-dealkylation sites (N-methyl/N-ethyl adjacent to an activating group) is 1. The zero-order valence-corrected chi connectivity index (χ0v) is 13.6. The van der Waals surface area contributed by atoms with Gasteiger partial charge in [0.2, 0.25) is 5.91 Å². The van der Waals surface area contributed by atoms with Gasteiger partial charge in [-0.25, -0.2) is 4.98 Å². The number of carbonyl (C=O) groups is 1. The van der Waals surface area contributed by atoms with E-state index >= 15 is 0 Å². The van der Waals surface area contributed by atoms with Crippen LogP contribution < -0.4 is 5.32 Å². The van der Waals surface area contributed by atoms with E-state index in [0.717, 1.165) is 10.7 Å². The molecule has 0 atom stereocenters. The van der Waals surface area contributed by atoms with Crippen molar-refractivity contribution in [2.24, 2.45) is 0 Å². The van der Waals surface area contributed by atoms with Crippen molar-refractivity contribution in [3.8, 4) is 9.88 Å². The van der Waals surface area contributed by atoms with Gasteiger partial charge < -0.3 is 5.32 Å². The van der Waals surface area contributed by atoms with Crippen LogP contribution in [0.1, 0.15) is 19.5 Å². The first-order valence-corrected chi connectivity index (χ1v) is 8.26. The van der Waals surface area contributed by atoms with Crippen molar-refractivity contribution in [2.45, 2.75) is 26.4 Å². The molecule has 2 rings (SSSR count). The molecule has 4 nitrogen and oxygen atoms in total. The highest BCUT2D eigenvalue weighted by Gasteiger charge is 2.11. The molecule has 6 heteroatoms. The van der Waals surface area contributed by atoms with Crippen LogP contribution in [-0.4, -0.2) is 35.4 Å². The Balaban J connectivity index is 1.89. The molecule has 0 unspecified atom stereocenters. The molecule has 2 aromatic heterocycles. The quantitative estimate of drug-likeness (QED) is 0.892. The van der Waals surface area contributed by atoms with Gasteiger partial charge in [-0.15, -0.1) is 22.7 Å². The number of carbonyl (C=O) groups excluding carboxylic acids is 1. The third-order valence-electron chi connectivity index (χ3n) is 2.58. The second kappa shape index (κ2) is 6.97. The van der Waals surface area contributed by atoms with E-state index in [1.54, 1.807) is 22.7 Å². The van der Waals surface area contributed by atoms with Gasteiger partial charge in [-0.1, -0.05) is 6.07 Å². The monoisotopic (exact) mass is 309 g/mol. The molecule has 0 aliphatic rings. The molecule has 0 saturated carbocycles. The SMILES string of the molecule is CC(C)NC(=O)CN(C)Cc1csc(-c2cccs2)n1. The fraction of sp³-hybridized carbons (Fsp3) is 0.429. The normalized spacial score (nSPS) is 11.2. The fourth-order valence-corrected chi connectivity index (χ4v) is 3.46. The zero-order valence-electron chi connectivity index (χ0n) is 11.9. The molecule has 0 aromatic carbocycles. The third-order valence-corrected chi connectivity index (χ3v) is 4.51. The van der Waals surface area contributed by atoms with Crippen molar-refractivity contribution in [3.63, 3.8) is 0 Å². The molecule has 2 heterocycles. The lowest BCUT2D eigenvalue weighted by atomic mass is 10.3. The van der Waals surface area contributed by atoms with Crippen LogP contribution in [0.25, 0.3) is 9.88 Å². The number of amides is 1. The Morgan fingerprint density at radius 2 is 2.25 bits per heavy atom. The lowest BCUT2D eigenvalue weighted by Crippen LogP contribution is -2.38. The van der Waals surface area contributed by atoms with Gasteiger partial charge in [0.25, 0.3) is 0 Å². The van der Waals surface area contributed by atoms with Crippen LogP contribution in [0.4, 0.5) is 0 Å². The summed E-state index contributed by atoms with van der Waals surface area (Å²) in [4.78, 5) is 19.5. The van der Waals surface area contributed by atoms with E-state index in [9.17, 15) is 4.79 Å². The van der Waals surface area contributed by atoms with Crippen LogP contribution in [0.15, 0.2) is 22.9 Å². The molecule has 0 radical (unpaired) electrons. The van der Waals surface area contributed by atoms with Gasteiger partial charge in [-0.3, -0.25) is 9.69 Å². The first-order valence-electron chi connectivity index (χ1n) is 6.51. The van der Waals surface area contributed by atoms with E-state index in [0.29, 0.717) is 13.1 Å². The minimum atomic E-state index is 0.0520. The van der Waals surface area contributed by atoms with Gasteiger partial charge in [0.1, 0.15) is 5.01 Å². The molecule has 20 heavy (non-hydrogen) atoms. The number of rotatable bonds is 6. The maximum Gasteiger partial charge on any atom is 0.234 e. The van der Waals surface area contributed by atoms with Crippen molar-refractivity contribution < 1.29 is 4.79 Å². The van der Waals surface area contributed by atoms with Crippen LogP contribution >= 0.6 is 22.7 Å². The second-order valence-corrected chi connectivity index (χ2v) is 6.82. The Kier molecular flexibility index (Phi) is 5.28. The van der Waals surface area contributed by atoms with Crippen molar-refractivity contribution >= 4 is 28.6 Å². The van der Waals surface area contributed by atoms with Crippen LogP contribution in [0.3, 0.4) is 0 Å². The Bertz CT molecular complexity index is 549. The minimum absolute atomic E-state index is 0.0520. The average molecular weight is 309 g/mol. The van der Waals surface area contributed by atoms with Gasteiger partial charge in [-0.2, -0.15) is 0 Å². The molecule has 0 aliphatic heterocycles. The number of nitrogens with zero attached hydrogens (tertiary/aromatic N) is 2. The van der Waals surface area contributed by atoms with E-state index in [1.807, 2.05) is 31.9 Å². The van der Waals surface area contributed by atoms with E-state index < -0.39 is 0 Å². The maximum atomic E-state index is 11.7. The van der Waals surface area contributed by atoms with E-state index in [1.165, 1.54) is 4.88 Å². The van der Waals surface area contributed by atoms with Gasteiger partial charge in [0.05, 0.1) is 17.1 Å². The smallest absolute Gasteiger partial charge is 0.234 e. The molecular weight excluding hydrogens is 290 g/mol. The van der Waals surface area contributed by atoms with E-state index in [4.69, 9.17) is 0 Å². The molecule has 2 aromatic rings. The van der Waals surface area contributed by atoms with Crippen LogP contribution in [-0.2, 0) is 11.3 Å². The molecule has 0 spiro atoms. The van der Waals surface area contributed by atoms with Crippen LogP contribution in [0, 0.1) is 0 Å². The second-order valence-electron chi connectivity index (χ2n) is 5.02. The van der Waals surface area contributed by atoms with E-state index in [2.05, 4.69) is 27.1 Å². The highest BCUT2D eigenvalue weighted by atomic mass is 32.1. The minimum Gasteiger partial charge on any atom is -0.353 e. The topological polar surface area (TPSA) is 45.2 Å². The van der Waals surface area contributed by atoms with Crippen molar-refractivity contribution in [2.75, 3.05) is 13.6 Å². The molecule has 108 valence electrons. The predicted octanol–water partition coefficient (Wildman–Crippen LogP) is 2.83. The Hall–Kier alpha value is -1.24. The molecule has 0 saturated heterocycles. The fourth-order valence-electron chi connectivity index (χ4n) is 1.84. The molecule has 0 aliphatic carbocycles.